The first-order valence-corrected chi connectivity index (χ1v) is 11.0. The third kappa shape index (κ3) is 4.51. The van der Waals surface area contributed by atoms with Crippen LogP contribution in [0.5, 0.6) is 0 Å². The molecule has 2 aromatic rings. The van der Waals surface area contributed by atoms with E-state index in [9.17, 15) is 13.2 Å². The van der Waals surface area contributed by atoms with Crippen LogP contribution in [0.25, 0.3) is 10.9 Å². The molecule has 1 fully saturated rings. The summed E-state index contributed by atoms with van der Waals surface area (Å²) in [5.74, 6) is 0.506. The molecule has 0 bridgehead atoms. The fourth-order valence-corrected chi connectivity index (χ4v) is 4.45. The number of hydrogen-bond donors (Lipinski definition) is 2. The molecule has 1 aliphatic rings. The Kier molecular flexibility index (Phi) is 6.32. The van der Waals surface area contributed by atoms with Gasteiger partial charge in [0.1, 0.15) is 0 Å². The van der Waals surface area contributed by atoms with Crippen LogP contribution in [0.4, 0.5) is 0 Å². The molecule has 1 aromatic heterocycles. The first-order chi connectivity index (χ1) is 13.3. The molecule has 1 amide bonds. The zero-order chi connectivity index (χ0) is 20.3. The van der Waals surface area contributed by atoms with Gasteiger partial charge in [0.05, 0.1) is 11.1 Å². The summed E-state index contributed by atoms with van der Waals surface area (Å²) in [5, 5.41) is 3.57. The number of hydrogen-bond acceptors (Lipinski definition) is 4. The average Bonchev–Trinajstić information content (AvgIpc) is 2.71. The third-order valence-electron chi connectivity index (χ3n) is 5.51. The number of nitrogens with one attached hydrogen (secondary N) is 2. The van der Waals surface area contributed by atoms with E-state index in [4.69, 9.17) is 4.98 Å². The van der Waals surface area contributed by atoms with Crippen molar-refractivity contribution >= 4 is 27.0 Å². The highest BCUT2D eigenvalue weighted by molar-refractivity contribution is 7.87. The highest BCUT2D eigenvalue weighted by atomic mass is 32.2. The van der Waals surface area contributed by atoms with Gasteiger partial charge in [0.15, 0.2) is 0 Å². The summed E-state index contributed by atoms with van der Waals surface area (Å²) in [6.45, 7) is 0.460. The van der Waals surface area contributed by atoms with Gasteiger partial charge < -0.3 is 5.32 Å². The van der Waals surface area contributed by atoms with Crippen molar-refractivity contribution in [3.05, 3.63) is 41.6 Å². The molecule has 0 radical (unpaired) electrons. The van der Waals surface area contributed by atoms with Gasteiger partial charge in [-0.05, 0) is 43.7 Å². The average molecular weight is 405 g/mol. The second-order valence-electron chi connectivity index (χ2n) is 7.54. The molecule has 8 heteroatoms. The Bertz CT molecular complexity index is 951. The van der Waals surface area contributed by atoms with E-state index in [1.807, 2.05) is 30.3 Å². The number of amides is 1. The molecule has 0 aliphatic heterocycles. The van der Waals surface area contributed by atoms with Crippen molar-refractivity contribution in [3.63, 3.8) is 0 Å². The van der Waals surface area contributed by atoms with Crippen molar-refractivity contribution in [1.82, 2.24) is 19.3 Å². The summed E-state index contributed by atoms with van der Waals surface area (Å²) >= 11 is 0. The fraction of sp³-hybridized carbons (Fsp3) is 0.500. The van der Waals surface area contributed by atoms with Gasteiger partial charge in [-0.25, -0.2) is 4.72 Å². The van der Waals surface area contributed by atoms with Crippen LogP contribution in [0.1, 0.15) is 47.7 Å². The monoisotopic (exact) mass is 404 g/mol. The summed E-state index contributed by atoms with van der Waals surface area (Å²) in [6.07, 6.45) is 3.74. The van der Waals surface area contributed by atoms with Crippen LogP contribution >= 0.6 is 0 Å². The number of carbonyl (C=O) groups is 1. The van der Waals surface area contributed by atoms with E-state index in [2.05, 4.69) is 10.0 Å². The van der Waals surface area contributed by atoms with Crippen molar-refractivity contribution < 1.29 is 13.2 Å². The van der Waals surface area contributed by atoms with Crippen molar-refractivity contribution in [1.29, 1.82) is 0 Å². The first kappa shape index (κ1) is 20.7. The quantitative estimate of drug-likeness (QED) is 0.773. The Morgan fingerprint density at radius 3 is 2.50 bits per heavy atom. The zero-order valence-corrected chi connectivity index (χ0v) is 17.4. The summed E-state index contributed by atoms with van der Waals surface area (Å²) in [4.78, 5) is 17.2. The van der Waals surface area contributed by atoms with E-state index in [0.717, 1.165) is 42.3 Å². The normalized spacial score (nSPS) is 20.4. The van der Waals surface area contributed by atoms with Crippen LogP contribution in [-0.4, -0.2) is 51.3 Å². The third-order valence-corrected chi connectivity index (χ3v) is 7.00. The van der Waals surface area contributed by atoms with Crippen LogP contribution in [0.15, 0.2) is 30.3 Å². The number of nitrogens with zero attached hydrogens (tertiary/aromatic N) is 2. The highest BCUT2D eigenvalue weighted by Crippen LogP contribution is 2.36. The van der Waals surface area contributed by atoms with E-state index in [1.165, 1.54) is 18.4 Å². The minimum absolute atomic E-state index is 0.105. The Morgan fingerprint density at radius 1 is 1.18 bits per heavy atom. The first-order valence-electron chi connectivity index (χ1n) is 9.60. The predicted molar refractivity (Wildman–Crippen MR) is 110 cm³/mol. The number of carbonyl (C=O) groups excluding carboxylic acids is 1. The largest absolute Gasteiger partial charge is 0.355 e. The Balaban J connectivity index is 1.72. The highest BCUT2D eigenvalue weighted by Gasteiger charge is 2.26. The zero-order valence-electron chi connectivity index (χ0n) is 16.6. The Morgan fingerprint density at radius 2 is 1.86 bits per heavy atom. The maximum Gasteiger partial charge on any atom is 0.278 e. The van der Waals surface area contributed by atoms with E-state index in [-0.39, 0.29) is 11.8 Å². The molecular weight excluding hydrogens is 376 g/mol. The molecule has 7 nitrogen and oxygen atoms in total. The molecule has 3 rings (SSSR count). The molecule has 1 aliphatic carbocycles. The van der Waals surface area contributed by atoms with Crippen LogP contribution in [0.3, 0.4) is 0 Å². The summed E-state index contributed by atoms with van der Waals surface area (Å²) in [6, 6.07) is 9.62. The van der Waals surface area contributed by atoms with Crippen LogP contribution in [-0.2, 0) is 10.2 Å². The van der Waals surface area contributed by atoms with Crippen molar-refractivity contribution in [2.45, 2.75) is 31.6 Å². The summed E-state index contributed by atoms with van der Waals surface area (Å²) in [7, 11) is 1.30. The lowest BCUT2D eigenvalue weighted by atomic mass is 9.80. The van der Waals surface area contributed by atoms with E-state index in [0.29, 0.717) is 18.0 Å². The van der Waals surface area contributed by atoms with Gasteiger partial charge in [-0.2, -0.15) is 12.7 Å². The maximum absolute atomic E-state index is 12.3. The molecule has 2 N–H and O–H groups in total. The molecule has 1 heterocycles. The lowest BCUT2D eigenvalue weighted by molar-refractivity contribution is 0.0964. The topological polar surface area (TPSA) is 91.4 Å². The Hall–Kier alpha value is -2.03. The van der Waals surface area contributed by atoms with E-state index < -0.39 is 10.2 Å². The van der Waals surface area contributed by atoms with E-state index >= 15 is 0 Å². The number of pyridine rings is 1. The molecular formula is C20H28N4O3S. The van der Waals surface area contributed by atoms with Crippen LogP contribution in [0, 0.1) is 5.92 Å². The van der Waals surface area contributed by atoms with Gasteiger partial charge >= 0.3 is 0 Å². The maximum atomic E-state index is 12.3. The second kappa shape index (κ2) is 8.55. The standard InChI is InChI=1S/C20H28N4O3S/c1-21-20(25)17-12-19(23-18-7-5-4-6-16(17)18)15-10-8-14(9-11-15)13-22-28(26,27)24(2)3/h4-7,12,14-15,22H,8-11,13H2,1-3H3,(H,21,25). The van der Waals surface area contributed by atoms with Crippen LogP contribution in [0.2, 0.25) is 0 Å². The van der Waals surface area contributed by atoms with Gasteiger partial charge in [0.25, 0.3) is 16.1 Å². The lowest BCUT2D eigenvalue weighted by Gasteiger charge is -2.29. The number of fused-ring (bicyclic) bond motifs is 1. The van der Waals surface area contributed by atoms with Crippen molar-refractivity contribution in [3.8, 4) is 0 Å². The molecule has 0 atom stereocenters. The minimum atomic E-state index is -3.38. The fourth-order valence-electron chi connectivity index (χ4n) is 3.74. The lowest BCUT2D eigenvalue weighted by Crippen LogP contribution is -2.38. The number of rotatable bonds is 6. The molecule has 0 spiro atoms. The number of aromatic nitrogens is 1. The van der Waals surface area contributed by atoms with Crippen molar-refractivity contribution in [2.24, 2.45) is 5.92 Å². The number of benzene rings is 1. The molecule has 1 aromatic carbocycles. The molecule has 152 valence electrons. The molecule has 0 unspecified atom stereocenters. The van der Waals surface area contributed by atoms with Gasteiger partial charge in [-0.1, -0.05) is 18.2 Å². The molecule has 28 heavy (non-hydrogen) atoms. The van der Waals surface area contributed by atoms with Gasteiger partial charge in [0.2, 0.25) is 0 Å². The van der Waals surface area contributed by atoms with Gasteiger partial charge in [0, 0.05) is 44.7 Å². The molecule has 0 saturated heterocycles. The Labute approximate surface area is 166 Å². The van der Waals surface area contributed by atoms with E-state index in [1.54, 1.807) is 7.05 Å². The second-order valence-corrected chi connectivity index (χ2v) is 9.51. The van der Waals surface area contributed by atoms with Crippen molar-refractivity contribution in [2.75, 3.05) is 27.7 Å². The smallest absolute Gasteiger partial charge is 0.278 e. The summed E-state index contributed by atoms with van der Waals surface area (Å²) < 4.78 is 27.6. The SMILES string of the molecule is CNC(=O)c1cc(C2CCC(CNS(=O)(=O)N(C)C)CC2)nc2ccccc12. The minimum Gasteiger partial charge on any atom is -0.355 e. The van der Waals surface area contributed by atoms with Gasteiger partial charge in [-0.15, -0.1) is 0 Å². The number of para-hydroxylation sites is 1. The summed E-state index contributed by atoms with van der Waals surface area (Å²) in [5.41, 5.74) is 2.44. The van der Waals surface area contributed by atoms with Crippen LogP contribution < -0.4 is 10.0 Å². The molecule has 1 saturated carbocycles. The predicted octanol–water partition coefficient (Wildman–Crippen LogP) is 2.26. The van der Waals surface area contributed by atoms with Gasteiger partial charge in [-0.3, -0.25) is 9.78 Å².